The molecule has 1 aromatic carbocycles. The van der Waals surface area contributed by atoms with Gasteiger partial charge in [0.25, 0.3) is 0 Å². The van der Waals surface area contributed by atoms with Gasteiger partial charge in [-0.2, -0.15) is 4.31 Å². The normalized spacial score (nSPS) is 17.8. The highest BCUT2D eigenvalue weighted by molar-refractivity contribution is 7.89. The predicted octanol–water partition coefficient (Wildman–Crippen LogP) is 2.42. The molecular weight excluding hydrogens is 374 g/mol. The molecule has 1 heterocycles. The summed E-state index contributed by atoms with van der Waals surface area (Å²) in [6.07, 6.45) is 4.23. The van der Waals surface area contributed by atoms with Gasteiger partial charge in [0.2, 0.25) is 15.9 Å². The fraction of sp³-hybridized carbons (Fsp3) is 0.611. The van der Waals surface area contributed by atoms with E-state index in [0.29, 0.717) is 25.1 Å². The second-order valence-electron chi connectivity index (χ2n) is 6.92. The van der Waals surface area contributed by atoms with Crippen molar-refractivity contribution in [3.05, 3.63) is 29.8 Å². The van der Waals surface area contributed by atoms with E-state index in [1.165, 1.54) is 0 Å². The maximum Gasteiger partial charge on any atom is 0.243 e. The van der Waals surface area contributed by atoms with Crippen molar-refractivity contribution in [1.29, 1.82) is 0 Å². The Hall–Kier alpha value is -1.15. The summed E-state index contributed by atoms with van der Waals surface area (Å²) in [4.78, 5) is 12.6. The first-order valence-corrected chi connectivity index (χ1v) is 10.4. The summed E-state index contributed by atoms with van der Waals surface area (Å²) >= 11 is 0. The first-order valence-electron chi connectivity index (χ1n) is 8.94. The number of hydrogen-bond donors (Lipinski definition) is 2. The minimum absolute atomic E-state index is 0. The van der Waals surface area contributed by atoms with Crippen molar-refractivity contribution in [2.75, 3.05) is 13.1 Å². The highest BCUT2D eigenvalue weighted by atomic mass is 35.5. The van der Waals surface area contributed by atoms with E-state index < -0.39 is 15.6 Å². The van der Waals surface area contributed by atoms with Crippen LogP contribution >= 0.6 is 12.4 Å². The van der Waals surface area contributed by atoms with Gasteiger partial charge < -0.3 is 11.1 Å². The van der Waals surface area contributed by atoms with Crippen LogP contribution < -0.4 is 11.1 Å². The summed E-state index contributed by atoms with van der Waals surface area (Å²) in [5.74, 6) is -0.264. The number of halogens is 1. The zero-order chi connectivity index (χ0) is 18.5. The first kappa shape index (κ1) is 22.9. The average molecular weight is 404 g/mol. The lowest BCUT2D eigenvalue weighted by molar-refractivity contribution is -0.126. The summed E-state index contributed by atoms with van der Waals surface area (Å²) < 4.78 is 27.4. The van der Waals surface area contributed by atoms with Gasteiger partial charge in [-0.3, -0.25) is 4.79 Å². The predicted molar refractivity (Wildman–Crippen MR) is 106 cm³/mol. The van der Waals surface area contributed by atoms with Crippen molar-refractivity contribution in [2.24, 2.45) is 5.73 Å². The number of carbonyl (C=O) groups excluding carboxylic acids is 1. The van der Waals surface area contributed by atoms with Crippen LogP contribution in [0.5, 0.6) is 0 Å². The van der Waals surface area contributed by atoms with Gasteiger partial charge in [-0.05, 0) is 37.8 Å². The molecule has 0 bridgehead atoms. The van der Waals surface area contributed by atoms with Crippen molar-refractivity contribution in [2.45, 2.75) is 62.9 Å². The molecule has 1 fully saturated rings. The number of benzene rings is 1. The third-order valence-corrected chi connectivity index (χ3v) is 6.63. The molecule has 148 valence electrons. The van der Waals surface area contributed by atoms with E-state index in [9.17, 15) is 13.2 Å². The molecule has 1 unspecified atom stereocenters. The number of nitrogens with one attached hydrogen (secondary N) is 1. The zero-order valence-corrected chi connectivity index (χ0v) is 17.2. The second kappa shape index (κ2) is 9.69. The minimum atomic E-state index is -3.54. The molecule has 1 aliphatic heterocycles. The van der Waals surface area contributed by atoms with Crippen LogP contribution in [0.4, 0.5) is 0 Å². The van der Waals surface area contributed by atoms with Gasteiger partial charge in [-0.15, -0.1) is 12.4 Å². The molecule has 0 spiro atoms. The van der Waals surface area contributed by atoms with Gasteiger partial charge >= 0.3 is 0 Å². The molecule has 3 N–H and O–H groups in total. The Kier molecular flexibility index (Phi) is 8.53. The topological polar surface area (TPSA) is 92.5 Å². The van der Waals surface area contributed by atoms with Crippen molar-refractivity contribution >= 4 is 28.3 Å². The van der Waals surface area contributed by atoms with Crippen molar-refractivity contribution in [1.82, 2.24) is 9.62 Å². The van der Waals surface area contributed by atoms with Crippen LogP contribution in [0, 0.1) is 0 Å². The molecule has 0 aromatic heterocycles. The average Bonchev–Trinajstić information content (AvgIpc) is 2.60. The molecule has 1 amide bonds. The van der Waals surface area contributed by atoms with Crippen LogP contribution in [0.3, 0.4) is 0 Å². The number of carbonyl (C=O) groups is 1. The third kappa shape index (κ3) is 5.42. The highest BCUT2D eigenvalue weighted by Crippen LogP contribution is 2.23. The smallest absolute Gasteiger partial charge is 0.243 e. The van der Waals surface area contributed by atoms with Gasteiger partial charge in [-0.1, -0.05) is 38.0 Å². The molecule has 1 saturated heterocycles. The fourth-order valence-electron chi connectivity index (χ4n) is 3.16. The summed E-state index contributed by atoms with van der Waals surface area (Å²) in [6.45, 7) is 4.93. The summed E-state index contributed by atoms with van der Waals surface area (Å²) in [7, 11) is -3.54. The Balaban J connectivity index is 0.00000338. The van der Waals surface area contributed by atoms with E-state index in [1.807, 2.05) is 6.92 Å². The largest absolute Gasteiger partial charge is 0.350 e. The number of sulfonamides is 1. The first-order chi connectivity index (χ1) is 11.8. The van der Waals surface area contributed by atoms with Gasteiger partial charge in [0, 0.05) is 19.6 Å². The van der Waals surface area contributed by atoms with Gasteiger partial charge in [0.05, 0.1) is 10.4 Å². The molecule has 1 aromatic rings. The quantitative estimate of drug-likeness (QED) is 0.731. The van der Waals surface area contributed by atoms with Crippen molar-refractivity contribution < 1.29 is 13.2 Å². The van der Waals surface area contributed by atoms with Gasteiger partial charge in [0.1, 0.15) is 0 Å². The Morgan fingerprint density at radius 3 is 2.46 bits per heavy atom. The van der Waals surface area contributed by atoms with E-state index in [4.69, 9.17) is 5.73 Å². The summed E-state index contributed by atoms with van der Waals surface area (Å²) in [5.41, 5.74) is 5.68. The number of amides is 1. The maximum atomic E-state index is 12.9. The molecule has 26 heavy (non-hydrogen) atoms. The minimum Gasteiger partial charge on any atom is -0.350 e. The van der Waals surface area contributed by atoms with Crippen LogP contribution in [0.25, 0.3) is 0 Å². The van der Waals surface area contributed by atoms with Crippen LogP contribution in [-0.4, -0.2) is 37.3 Å². The lowest BCUT2D eigenvalue weighted by atomic mass is 9.96. The van der Waals surface area contributed by atoms with E-state index in [2.05, 4.69) is 5.32 Å². The highest BCUT2D eigenvalue weighted by Gasteiger charge is 2.29. The molecule has 6 nitrogen and oxygen atoms in total. The monoisotopic (exact) mass is 403 g/mol. The summed E-state index contributed by atoms with van der Waals surface area (Å²) in [5, 5.41) is 2.79. The molecule has 1 aliphatic rings. The lowest BCUT2D eigenvalue weighted by Crippen LogP contribution is -2.51. The molecule has 0 radical (unpaired) electrons. The lowest BCUT2D eigenvalue weighted by Gasteiger charge is -2.27. The molecule has 8 heteroatoms. The van der Waals surface area contributed by atoms with Crippen LogP contribution in [0.15, 0.2) is 29.2 Å². The molecule has 2 rings (SSSR count). The number of nitrogens with two attached hydrogens (primary N) is 1. The van der Waals surface area contributed by atoms with Gasteiger partial charge in [0.15, 0.2) is 0 Å². The maximum absolute atomic E-state index is 12.9. The van der Waals surface area contributed by atoms with Crippen LogP contribution in [0.1, 0.15) is 51.5 Å². The fourth-order valence-corrected chi connectivity index (χ4v) is 4.90. The summed E-state index contributed by atoms with van der Waals surface area (Å²) in [6, 6.07) is 6.85. The zero-order valence-electron chi connectivity index (χ0n) is 15.5. The van der Waals surface area contributed by atoms with E-state index in [-0.39, 0.29) is 29.8 Å². The molecule has 1 atom stereocenters. The Morgan fingerprint density at radius 2 is 1.85 bits per heavy atom. The second-order valence-corrected chi connectivity index (χ2v) is 8.83. The Labute approximate surface area is 163 Å². The van der Waals surface area contributed by atoms with E-state index >= 15 is 0 Å². The third-order valence-electron chi connectivity index (χ3n) is 4.63. The Morgan fingerprint density at radius 1 is 1.23 bits per heavy atom. The Bertz CT molecular complexity index is 701. The molecule has 0 saturated carbocycles. The van der Waals surface area contributed by atoms with E-state index in [0.717, 1.165) is 25.7 Å². The standard InChI is InChI=1S/C18H29N3O3S.ClH/c1-3-11-18(2,19)17(22)20-14-15-9-5-6-10-16(15)25(23,24)21-12-7-4-8-13-21;/h5-6,9-10H,3-4,7-8,11-14,19H2,1-2H3,(H,20,22);1H. The van der Waals surface area contributed by atoms with Crippen molar-refractivity contribution in [3.8, 4) is 0 Å². The molecule has 0 aliphatic carbocycles. The van der Waals surface area contributed by atoms with Crippen LogP contribution in [-0.2, 0) is 21.4 Å². The number of hydrogen-bond acceptors (Lipinski definition) is 4. The van der Waals surface area contributed by atoms with Crippen LogP contribution in [0.2, 0.25) is 0 Å². The molecular formula is C18H30ClN3O3S. The SMILES string of the molecule is CCCC(C)(N)C(=O)NCc1ccccc1S(=O)(=O)N1CCCCC1.Cl. The number of nitrogens with zero attached hydrogens (tertiary/aromatic N) is 1. The van der Waals surface area contributed by atoms with E-state index in [1.54, 1.807) is 35.5 Å². The number of piperidine rings is 1. The van der Waals surface area contributed by atoms with Gasteiger partial charge in [-0.25, -0.2) is 8.42 Å². The number of rotatable bonds is 7. The van der Waals surface area contributed by atoms with Crippen molar-refractivity contribution in [3.63, 3.8) is 0 Å².